The Morgan fingerprint density at radius 1 is 1.15 bits per heavy atom. The van der Waals surface area contributed by atoms with Gasteiger partial charge in [-0.1, -0.05) is 38.3 Å². The zero-order valence-electron chi connectivity index (χ0n) is 15.7. The van der Waals surface area contributed by atoms with Gasteiger partial charge in [0.2, 0.25) is 0 Å². The number of aromatic carboxylic acids is 1. The summed E-state index contributed by atoms with van der Waals surface area (Å²) in [5.74, 6) is -0.566. The number of unbranched alkanes of at least 4 members (excludes halogenated alkanes) is 3. The Balaban J connectivity index is 2.16. The van der Waals surface area contributed by atoms with Crippen molar-refractivity contribution < 1.29 is 19.6 Å². The molecule has 2 aromatic carbocycles. The molecule has 0 aromatic heterocycles. The van der Waals surface area contributed by atoms with E-state index in [9.17, 15) is 14.9 Å². The van der Waals surface area contributed by atoms with Gasteiger partial charge in [-0.2, -0.15) is 0 Å². The molecule has 1 N–H and O–H groups in total. The van der Waals surface area contributed by atoms with Crippen LogP contribution >= 0.6 is 0 Å². The molecule has 6 nitrogen and oxygen atoms in total. The molecule has 6 heteroatoms. The lowest BCUT2D eigenvalue weighted by atomic mass is 10.0. The summed E-state index contributed by atoms with van der Waals surface area (Å²) in [4.78, 5) is 22.0. The van der Waals surface area contributed by atoms with Gasteiger partial charge in [-0.3, -0.25) is 10.1 Å². The lowest BCUT2D eigenvalue weighted by Crippen LogP contribution is -2.11. The monoisotopic (exact) mass is 371 g/mol. The van der Waals surface area contributed by atoms with E-state index >= 15 is 0 Å². The van der Waals surface area contributed by atoms with Crippen LogP contribution in [0.25, 0.3) is 11.1 Å². The number of carboxylic acid groups (broad SMARTS) is 1. The van der Waals surface area contributed by atoms with Crippen LogP contribution in [0.15, 0.2) is 42.5 Å². The molecular weight excluding hydrogens is 346 g/mol. The van der Waals surface area contributed by atoms with Crippen LogP contribution in [0.2, 0.25) is 0 Å². The summed E-state index contributed by atoms with van der Waals surface area (Å²) in [6.07, 6.45) is 5.51. The SMILES string of the molecule is CCCCCC[C@@H](C)Oc1ccc(-c2ccc(C(=O)O)cc2)c([N+](=O)[O-])c1. The number of nitro groups is 1. The van der Waals surface area contributed by atoms with Crippen molar-refractivity contribution in [1.29, 1.82) is 0 Å². The molecular formula is C21H25NO5. The molecule has 1 atom stereocenters. The molecule has 0 aliphatic carbocycles. The predicted octanol–water partition coefficient (Wildman–Crippen LogP) is 5.70. The average Bonchev–Trinajstić information content (AvgIpc) is 2.65. The maximum atomic E-state index is 11.5. The van der Waals surface area contributed by atoms with E-state index in [1.54, 1.807) is 24.3 Å². The van der Waals surface area contributed by atoms with Crippen molar-refractivity contribution in [3.8, 4) is 16.9 Å². The lowest BCUT2D eigenvalue weighted by Gasteiger charge is -2.15. The molecule has 0 saturated heterocycles. The van der Waals surface area contributed by atoms with Gasteiger partial charge in [0.1, 0.15) is 5.75 Å². The fourth-order valence-electron chi connectivity index (χ4n) is 2.92. The number of nitrogens with zero attached hydrogens (tertiary/aromatic N) is 1. The van der Waals surface area contributed by atoms with Crippen LogP contribution in [0.1, 0.15) is 56.3 Å². The number of carboxylic acids is 1. The number of hydrogen-bond donors (Lipinski definition) is 1. The lowest BCUT2D eigenvalue weighted by molar-refractivity contribution is -0.384. The van der Waals surface area contributed by atoms with Crippen LogP contribution in [0.5, 0.6) is 5.75 Å². The number of hydrogen-bond acceptors (Lipinski definition) is 4. The summed E-state index contributed by atoms with van der Waals surface area (Å²) in [7, 11) is 0. The zero-order valence-corrected chi connectivity index (χ0v) is 15.7. The summed E-state index contributed by atoms with van der Waals surface area (Å²) in [6.45, 7) is 4.13. The van der Waals surface area contributed by atoms with Crippen LogP contribution in [-0.2, 0) is 0 Å². The molecule has 27 heavy (non-hydrogen) atoms. The second kappa shape index (κ2) is 9.71. The number of rotatable bonds is 10. The van der Waals surface area contributed by atoms with E-state index < -0.39 is 10.9 Å². The summed E-state index contributed by atoms with van der Waals surface area (Å²) in [6, 6.07) is 10.8. The number of benzene rings is 2. The molecule has 0 aliphatic rings. The highest BCUT2D eigenvalue weighted by Crippen LogP contribution is 2.33. The van der Waals surface area contributed by atoms with Crippen molar-refractivity contribution in [3.05, 3.63) is 58.1 Å². The van der Waals surface area contributed by atoms with Gasteiger partial charge in [0.05, 0.1) is 28.2 Å². The normalized spacial score (nSPS) is 11.8. The van der Waals surface area contributed by atoms with Crippen molar-refractivity contribution in [3.63, 3.8) is 0 Å². The first-order chi connectivity index (χ1) is 12.9. The zero-order chi connectivity index (χ0) is 19.8. The molecule has 0 unspecified atom stereocenters. The maximum absolute atomic E-state index is 11.5. The van der Waals surface area contributed by atoms with Gasteiger partial charge < -0.3 is 9.84 Å². The van der Waals surface area contributed by atoms with Crippen molar-refractivity contribution in [2.24, 2.45) is 0 Å². The number of carbonyl (C=O) groups is 1. The van der Waals surface area contributed by atoms with Crippen LogP contribution in [0.3, 0.4) is 0 Å². The molecule has 0 radical (unpaired) electrons. The fraction of sp³-hybridized carbons (Fsp3) is 0.381. The first kappa shape index (κ1) is 20.4. The minimum absolute atomic E-state index is 0.0119. The Morgan fingerprint density at radius 2 is 1.85 bits per heavy atom. The molecule has 0 amide bonds. The molecule has 0 fully saturated rings. The van der Waals surface area contributed by atoms with E-state index in [1.165, 1.54) is 31.0 Å². The topological polar surface area (TPSA) is 89.7 Å². The molecule has 0 heterocycles. The van der Waals surface area contributed by atoms with Gasteiger partial charge in [-0.05, 0) is 49.6 Å². The predicted molar refractivity (Wildman–Crippen MR) is 104 cm³/mol. The maximum Gasteiger partial charge on any atom is 0.335 e. The van der Waals surface area contributed by atoms with E-state index in [0.717, 1.165) is 19.3 Å². The third-order valence-corrected chi connectivity index (χ3v) is 4.41. The fourth-order valence-corrected chi connectivity index (χ4v) is 2.92. The average molecular weight is 371 g/mol. The third-order valence-electron chi connectivity index (χ3n) is 4.41. The number of nitro benzene ring substituents is 1. The van der Waals surface area contributed by atoms with Crippen molar-refractivity contribution in [2.75, 3.05) is 0 Å². The quantitative estimate of drug-likeness (QED) is 0.329. The van der Waals surface area contributed by atoms with Gasteiger partial charge in [0, 0.05) is 0 Å². The van der Waals surface area contributed by atoms with Crippen LogP contribution in [0, 0.1) is 10.1 Å². The van der Waals surface area contributed by atoms with E-state index in [1.807, 2.05) is 6.92 Å². The summed E-state index contributed by atoms with van der Waals surface area (Å²) >= 11 is 0. The molecule has 144 valence electrons. The molecule has 0 spiro atoms. The van der Waals surface area contributed by atoms with E-state index in [4.69, 9.17) is 9.84 Å². The second-order valence-corrected chi connectivity index (χ2v) is 6.60. The Kier molecular flexibility index (Phi) is 7.34. The largest absolute Gasteiger partial charge is 0.490 e. The summed E-state index contributed by atoms with van der Waals surface area (Å²) < 4.78 is 5.84. The minimum atomic E-state index is -1.03. The van der Waals surface area contributed by atoms with Crippen LogP contribution in [-0.4, -0.2) is 22.1 Å². The Morgan fingerprint density at radius 3 is 2.44 bits per heavy atom. The van der Waals surface area contributed by atoms with Crippen LogP contribution in [0.4, 0.5) is 5.69 Å². The highest BCUT2D eigenvalue weighted by atomic mass is 16.6. The first-order valence-corrected chi connectivity index (χ1v) is 9.21. The van der Waals surface area contributed by atoms with Gasteiger partial charge >= 0.3 is 5.97 Å². The van der Waals surface area contributed by atoms with Crippen molar-refractivity contribution >= 4 is 11.7 Å². The van der Waals surface area contributed by atoms with Gasteiger partial charge in [-0.15, -0.1) is 0 Å². The highest BCUT2D eigenvalue weighted by molar-refractivity contribution is 5.88. The molecule has 2 rings (SSSR count). The summed E-state index contributed by atoms with van der Waals surface area (Å²) in [5.41, 5.74) is 1.10. The van der Waals surface area contributed by atoms with E-state index in [0.29, 0.717) is 16.9 Å². The number of ether oxygens (including phenoxy) is 1. The first-order valence-electron chi connectivity index (χ1n) is 9.21. The van der Waals surface area contributed by atoms with Crippen LogP contribution < -0.4 is 4.74 Å². The van der Waals surface area contributed by atoms with Gasteiger partial charge in [-0.25, -0.2) is 4.79 Å². The molecule has 2 aromatic rings. The minimum Gasteiger partial charge on any atom is -0.490 e. The van der Waals surface area contributed by atoms with Gasteiger partial charge in [0.25, 0.3) is 5.69 Å². The molecule has 0 bridgehead atoms. The Hall–Kier alpha value is -2.89. The smallest absolute Gasteiger partial charge is 0.335 e. The van der Waals surface area contributed by atoms with Gasteiger partial charge in [0.15, 0.2) is 0 Å². The van der Waals surface area contributed by atoms with Crippen molar-refractivity contribution in [1.82, 2.24) is 0 Å². The molecule has 0 aliphatic heterocycles. The van der Waals surface area contributed by atoms with Crippen molar-refractivity contribution in [2.45, 2.75) is 52.1 Å². The van der Waals surface area contributed by atoms with E-state index in [2.05, 4.69) is 6.92 Å². The third kappa shape index (κ3) is 5.81. The highest BCUT2D eigenvalue weighted by Gasteiger charge is 2.18. The van der Waals surface area contributed by atoms with E-state index in [-0.39, 0.29) is 17.4 Å². The standard InChI is InChI=1S/C21H25NO5/c1-3-4-5-6-7-15(2)27-18-12-13-19(20(14-18)22(25)26)16-8-10-17(11-9-16)21(23)24/h8-15H,3-7H2,1-2H3,(H,23,24)/t15-/m1/s1. The second-order valence-electron chi connectivity index (χ2n) is 6.60. The Labute approximate surface area is 158 Å². The Bertz CT molecular complexity index is 786. The molecule has 0 saturated carbocycles. The summed E-state index contributed by atoms with van der Waals surface area (Å²) in [5, 5.41) is 20.5.